The molecule has 1 aromatic carbocycles. The summed E-state index contributed by atoms with van der Waals surface area (Å²) in [5.41, 5.74) is 2.51. The molecule has 1 N–H and O–H groups in total. The molecule has 0 fully saturated rings. The van der Waals surface area contributed by atoms with Crippen LogP contribution in [-0.2, 0) is 19.6 Å². The van der Waals surface area contributed by atoms with Crippen molar-refractivity contribution in [1.82, 2.24) is 10.2 Å². The number of rotatable bonds is 7. The average Bonchev–Trinajstić information content (AvgIpc) is 2.79. The number of aryl methyl sites for hydroxylation is 1. The molecular weight excluding hydrogens is 328 g/mol. The van der Waals surface area contributed by atoms with Crippen LogP contribution in [0.2, 0.25) is 0 Å². The lowest BCUT2D eigenvalue weighted by Crippen LogP contribution is -2.17. The molecule has 1 heterocycles. The van der Waals surface area contributed by atoms with E-state index in [4.69, 9.17) is 4.42 Å². The molecule has 114 valence electrons. The first kappa shape index (κ1) is 16.3. The van der Waals surface area contributed by atoms with E-state index in [2.05, 4.69) is 71.3 Å². The Bertz CT molecular complexity index is 580. The molecule has 0 bridgehead atoms. The summed E-state index contributed by atoms with van der Waals surface area (Å²) in [7, 11) is 2.11. The van der Waals surface area contributed by atoms with E-state index in [1.807, 2.05) is 6.07 Å². The maximum Gasteiger partial charge on any atom is 0.120 e. The van der Waals surface area contributed by atoms with Gasteiger partial charge in [-0.1, -0.05) is 41.1 Å². The van der Waals surface area contributed by atoms with Crippen LogP contribution < -0.4 is 5.32 Å². The maximum atomic E-state index is 5.94. The number of benzene rings is 1. The van der Waals surface area contributed by atoms with Gasteiger partial charge in [0.25, 0.3) is 0 Å². The quantitative estimate of drug-likeness (QED) is 0.814. The third kappa shape index (κ3) is 4.70. The summed E-state index contributed by atoms with van der Waals surface area (Å²) < 4.78 is 7.09. The fraction of sp³-hybridized carbons (Fsp3) is 0.412. The van der Waals surface area contributed by atoms with Crippen molar-refractivity contribution in [3.8, 4) is 0 Å². The molecule has 1 aromatic heterocycles. The standard InChI is InChI=1S/C17H23BrN2O/c1-4-19-10-17-13(2)9-15(21-17)12-20(3)11-14-7-5-6-8-16(14)18/h5-9,19H,4,10-12H2,1-3H3. The predicted octanol–water partition coefficient (Wildman–Crippen LogP) is 4.09. The lowest BCUT2D eigenvalue weighted by Gasteiger charge is -2.16. The van der Waals surface area contributed by atoms with Crippen LogP contribution in [0.25, 0.3) is 0 Å². The van der Waals surface area contributed by atoms with Gasteiger partial charge >= 0.3 is 0 Å². The van der Waals surface area contributed by atoms with Crippen LogP contribution in [0.15, 0.2) is 39.2 Å². The van der Waals surface area contributed by atoms with Crippen molar-refractivity contribution in [3.63, 3.8) is 0 Å². The SMILES string of the molecule is CCNCc1oc(CN(C)Cc2ccccc2Br)cc1C. The Morgan fingerprint density at radius 1 is 1.24 bits per heavy atom. The van der Waals surface area contributed by atoms with E-state index in [1.54, 1.807) is 0 Å². The van der Waals surface area contributed by atoms with Crippen molar-refractivity contribution >= 4 is 15.9 Å². The third-order valence-electron chi connectivity index (χ3n) is 3.43. The van der Waals surface area contributed by atoms with E-state index in [1.165, 1.54) is 11.1 Å². The zero-order valence-electron chi connectivity index (χ0n) is 12.9. The Balaban J connectivity index is 1.96. The van der Waals surface area contributed by atoms with E-state index in [9.17, 15) is 0 Å². The molecule has 0 unspecified atom stereocenters. The van der Waals surface area contributed by atoms with E-state index in [0.29, 0.717) is 0 Å². The number of furan rings is 1. The highest BCUT2D eigenvalue weighted by Gasteiger charge is 2.10. The molecule has 4 heteroatoms. The van der Waals surface area contributed by atoms with Gasteiger partial charge in [0, 0.05) is 11.0 Å². The molecule has 0 aliphatic carbocycles. The Hall–Kier alpha value is -1.10. The Labute approximate surface area is 135 Å². The van der Waals surface area contributed by atoms with Crippen LogP contribution in [0.4, 0.5) is 0 Å². The summed E-state index contributed by atoms with van der Waals surface area (Å²) >= 11 is 3.60. The smallest absolute Gasteiger partial charge is 0.120 e. The number of nitrogens with one attached hydrogen (secondary N) is 1. The minimum absolute atomic E-state index is 0.802. The first-order chi connectivity index (χ1) is 10.1. The van der Waals surface area contributed by atoms with Crippen LogP contribution in [0.5, 0.6) is 0 Å². The molecule has 0 saturated carbocycles. The highest BCUT2D eigenvalue weighted by atomic mass is 79.9. The van der Waals surface area contributed by atoms with Gasteiger partial charge in [0.05, 0.1) is 13.1 Å². The van der Waals surface area contributed by atoms with Gasteiger partial charge in [0.1, 0.15) is 11.5 Å². The summed E-state index contributed by atoms with van der Waals surface area (Å²) in [5, 5.41) is 3.31. The van der Waals surface area contributed by atoms with E-state index in [-0.39, 0.29) is 0 Å². The molecule has 2 rings (SSSR count). The van der Waals surface area contributed by atoms with Crippen molar-refractivity contribution in [3.05, 3.63) is 57.5 Å². The van der Waals surface area contributed by atoms with Crippen molar-refractivity contribution in [2.45, 2.75) is 33.5 Å². The maximum absolute atomic E-state index is 5.94. The molecule has 0 radical (unpaired) electrons. The number of halogens is 1. The van der Waals surface area contributed by atoms with Gasteiger partial charge in [-0.25, -0.2) is 0 Å². The molecular formula is C17H23BrN2O. The minimum Gasteiger partial charge on any atom is -0.463 e. The predicted molar refractivity (Wildman–Crippen MR) is 90.1 cm³/mol. The first-order valence-electron chi connectivity index (χ1n) is 7.31. The lowest BCUT2D eigenvalue weighted by molar-refractivity contribution is 0.282. The Morgan fingerprint density at radius 2 is 2.00 bits per heavy atom. The minimum atomic E-state index is 0.802. The van der Waals surface area contributed by atoms with Crippen molar-refractivity contribution in [1.29, 1.82) is 0 Å². The average molecular weight is 351 g/mol. The highest BCUT2D eigenvalue weighted by Crippen LogP contribution is 2.20. The number of nitrogens with zero attached hydrogens (tertiary/aromatic N) is 1. The molecule has 3 nitrogen and oxygen atoms in total. The summed E-state index contributed by atoms with van der Waals surface area (Å²) in [5.74, 6) is 2.07. The first-order valence-corrected chi connectivity index (χ1v) is 8.10. The van der Waals surface area contributed by atoms with Gasteiger partial charge in [0.2, 0.25) is 0 Å². The molecule has 0 aliphatic heterocycles. The van der Waals surface area contributed by atoms with Gasteiger partial charge in [-0.2, -0.15) is 0 Å². The monoisotopic (exact) mass is 350 g/mol. The van der Waals surface area contributed by atoms with Crippen LogP contribution >= 0.6 is 15.9 Å². The summed E-state index contributed by atoms with van der Waals surface area (Å²) in [4.78, 5) is 2.26. The second kappa shape index (κ2) is 7.78. The summed E-state index contributed by atoms with van der Waals surface area (Å²) in [6.45, 7) is 7.67. The molecule has 21 heavy (non-hydrogen) atoms. The highest BCUT2D eigenvalue weighted by molar-refractivity contribution is 9.10. The fourth-order valence-electron chi connectivity index (χ4n) is 2.32. The third-order valence-corrected chi connectivity index (χ3v) is 4.20. The molecule has 0 spiro atoms. The van der Waals surface area contributed by atoms with Gasteiger partial charge in [-0.05, 0) is 43.8 Å². The van der Waals surface area contributed by atoms with Gasteiger partial charge in [-0.15, -0.1) is 0 Å². The van der Waals surface area contributed by atoms with E-state index < -0.39 is 0 Å². The van der Waals surface area contributed by atoms with Crippen molar-refractivity contribution in [2.24, 2.45) is 0 Å². The molecule has 0 saturated heterocycles. The Kier molecular flexibility index (Phi) is 6.03. The van der Waals surface area contributed by atoms with Gasteiger partial charge in [-0.3, -0.25) is 4.90 Å². The van der Waals surface area contributed by atoms with Crippen molar-refractivity contribution in [2.75, 3.05) is 13.6 Å². The second-order valence-corrected chi connectivity index (χ2v) is 6.22. The van der Waals surface area contributed by atoms with Crippen LogP contribution in [0, 0.1) is 6.92 Å². The summed E-state index contributed by atoms with van der Waals surface area (Å²) in [6.07, 6.45) is 0. The van der Waals surface area contributed by atoms with Crippen LogP contribution in [0.1, 0.15) is 29.6 Å². The van der Waals surface area contributed by atoms with E-state index >= 15 is 0 Å². The van der Waals surface area contributed by atoms with Crippen LogP contribution in [-0.4, -0.2) is 18.5 Å². The lowest BCUT2D eigenvalue weighted by atomic mass is 10.2. The largest absolute Gasteiger partial charge is 0.463 e. The van der Waals surface area contributed by atoms with Crippen molar-refractivity contribution < 1.29 is 4.42 Å². The zero-order valence-corrected chi connectivity index (χ0v) is 14.5. The van der Waals surface area contributed by atoms with Gasteiger partial charge in [0.15, 0.2) is 0 Å². The van der Waals surface area contributed by atoms with E-state index in [0.717, 1.165) is 42.2 Å². The molecule has 0 amide bonds. The summed E-state index contributed by atoms with van der Waals surface area (Å²) in [6, 6.07) is 10.5. The molecule has 2 aromatic rings. The fourth-order valence-corrected chi connectivity index (χ4v) is 2.73. The van der Waals surface area contributed by atoms with Gasteiger partial charge < -0.3 is 9.73 Å². The normalized spacial score (nSPS) is 11.3. The topological polar surface area (TPSA) is 28.4 Å². The Morgan fingerprint density at radius 3 is 2.71 bits per heavy atom. The number of hydrogen-bond donors (Lipinski definition) is 1. The van der Waals surface area contributed by atoms with Crippen LogP contribution in [0.3, 0.4) is 0 Å². The molecule has 0 atom stereocenters. The zero-order chi connectivity index (χ0) is 15.2. The molecule has 0 aliphatic rings. The second-order valence-electron chi connectivity index (χ2n) is 5.36. The number of hydrogen-bond acceptors (Lipinski definition) is 3.